The fraction of sp³-hybridized carbons (Fsp3) is 0.364. The second-order valence-electron chi connectivity index (χ2n) is 3.60. The van der Waals surface area contributed by atoms with Gasteiger partial charge in [-0.3, -0.25) is 0 Å². The summed E-state index contributed by atoms with van der Waals surface area (Å²) in [4.78, 5) is 0. The van der Waals surface area contributed by atoms with Gasteiger partial charge in [-0.25, -0.2) is 0 Å². The van der Waals surface area contributed by atoms with Crippen LogP contribution < -0.4 is 0 Å². The summed E-state index contributed by atoms with van der Waals surface area (Å²) in [5.41, 5.74) is -4.06. The summed E-state index contributed by atoms with van der Waals surface area (Å²) < 4.78 is 75.7. The van der Waals surface area contributed by atoms with Gasteiger partial charge in [-0.15, -0.1) is 0 Å². The highest BCUT2D eigenvalue weighted by Crippen LogP contribution is 2.40. The van der Waals surface area contributed by atoms with Gasteiger partial charge < -0.3 is 0 Å². The lowest BCUT2D eigenvalue weighted by molar-refractivity contribution is -0.144. The number of nitrogens with zero attached hydrogens (tertiary/aromatic N) is 1. The minimum atomic E-state index is -4.92. The highest BCUT2D eigenvalue weighted by molar-refractivity contribution is 5.44. The highest BCUT2D eigenvalue weighted by Gasteiger charge is 2.40. The lowest BCUT2D eigenvalue weighted by Gasteiger charge is -2.18. The van der Waals surface area contributed by atoms with Crippen LogP contribution in [0.4, 0.5) is 26.3 Å². The molecule has 0 amide bonds. The van der Waals surface area contributed by atoms with Crippen LogP contribution in [0.25, 0.3) is 0 Å². The Hall–Kier alpha value is -1.71. The average molecular weight is 267 g/mol. The molecule has 0 N–H and O–H groups in total. The molecule has 1 aromatic rings. The highest BCUT2D eigenvalue weighted by atomic mass is 19.4. The molecule has 0 saturated carbocycles. The molecule has 0 bridgehead atoms. The number of benzene rings is 1. The van der Waals surface area contributed by atoms with Crippen molar-refractivity contribution in [2.75, 3.05) is 0 Å². The minimum absolute atomic E-state index is 0.449. The Morgan fingerprint density at radius 3 is 2.00 bits per heavy atom. The Bertz CT molecular complexity index is 492. The zero-order chi connectivity index (χ0) is 14.1. The van der Waals surface area contributed by atoms with Crippen LogP contribution in [0.1, 0.15) is 22.3 Å². The van der Waals surface area contributed by atoms with Crippen molar-refractivity contribution in [3.05, 3.63) is 34.4 Å². The Kier molecular flexibility index (Phi) is 3.60. The van der Waals surface area contributed by atoms with Gasteiger partial charge in [0.2, 0.25) is 0 Å². The second-order valence-corrected chi connectivity index (χ2v) is 3.60. The van der Waals surface area contributed by atoms with Gasteiger partial charge in [-0.1, -0.05) is 6.07 Å². The Morgan fingerprint density at radius 2 is 1.61 bits per heavy atom. The first-order chi connectivity index (χ1) is 8.09. The van der Waals surface area contributed by atoms with Crippen molar-refractivity contribution in [3.8, 4) is 6.07 Å². The zero-order valence-corrected chi connectivity index (χ0v) is 9.08. The maximum absolute atomic E-state index is 12.7. The van der Waals surface area contributed by atoms with E-state index in [-0.39, 0.29) is 0 Å². The molecule has 7 heteroatoms. The summed E-state index contributed by atoms with van der Waals surface area (Å²) in [6.45, 7) is 0.756. The van der Waals surface area contributed by atoms with Gasteiger partial charge >= 0.3 is 12.4 Å². The summed E-state index contributed by atoms with van der Waals surface area (Å²) in [6, 6.07) is 2.76. The van der Waals surface area contributed by atoms with E-state index in [1.165, 1.54) is 6.07 Å². The number of alkyl halides is 6. The molecule has 0 fully saturated rings. The molecule has 0 unspecified atom stereocenters. The van der Waals surface area contributed by atoms with Crippen LogP contribution in [0.3, 0.4) is 0 Å². The molecular weight excluding hydrogens is 260 g/mol. The van der Waals surface area contributed by atoms with E-state index in [1.54, 1.807) is 0 Å². The summed E-state index contributed by atoms with van der Waals surface area (Å²) in [5, 5.41) is 8.39. The number of rotatable bonds is 1. The van der Waals surface area contributed by atoms with Crippen molar-refractivity contribution < 1.29 is 26.3 Å². The maximum atomic E-state index is 12.7. The number of nitriles is 1. The van der Waals surface area contributed by atoms with Gasteiger partial charge in [0.1, 0.15) is 0 Å². The third-order valence-electron chi connectivity index (χ3n) is 2.41. The molecule has 1 nitrogen and oxygen atoms in total. The molecule has 0 heterocycles. The summed E-state index contributed by atoms with van der Waals surface area (Å²) >= 11 is 0. The van der Waals surface area contributed by atoms with E-state index < -0.39 is 41.0 Å². The molecule has 0 radical (unpaired) electrons. The second kappa shape index (κ2) is 4.52. The van der Waals surface area contributed by atoms with Crippen LogP contribution in [-0.2, 0) is 18.8 Å². The molecule has 0 aliphatic carbocycles. The van der Waals surface area contributed by atoms with Gasteiger partial charge in [-0.2, -0.15) is 31.6 Å². The van der Waals surface area contributed by atoms with Crippen LogP contribution in [0.2, 0.25) is 0 Å². The third-order valence-corrected chi connectivity index (χ3v) is 2.41. The van der Waals surface area contributed by atoms with Crippen molar-refractivity contribution >= 4 is 0 Å². The summed E-state index contributed by atoms with van der Waals surface area (Å²) in [6.07, 6.45) is -10.4. The SMILES string of the molecule is Cc1c(C(F)(F)F)ccc(CC#N)c1C(F)(F)F. The molecule has 0 atom stereocenters. The van der Waals surface area contributed by atoms with Gasteiger partial charge in [-0.05, 0) is 24.1 Å². The quantitative estimate of drug-likeness (QED) is 0.703. The van der Waals surface area contributed by atoms with E-state index in [0.29, 0.717) is 12.1 Å². The maximum Gasteiger partial charge on any atom is 0.416 e. The standard InChI is InChI=1S/C11H7F6N/c1-6-8(10(12,13)14)3-2-7(4-5-18)9(6)11(15,16)17/h2-3H,4H2,1H3. The molecule has 0 aliphatic heterocycles. The van der Waals surface area contributed by atoms with E-state index in [4.69, 9.17) is 5.26 Å². The molecule has 0 spiro atoms. The Morgan fingerprint density at radius 1 is 1.06 bits per heavy atom. The first-order valence-electron chi connectivity index (χ1n) is 4.73. The van der Waals surface area contributed by atoms with Gasteiger partial charge in [0, 0.05) is 0 Å². The van der Waals surface area contributed by atoms with Crippen LogP contribution in [-0.4, -0.2) is 0 Å². The molecular formula is C11H7F6N. The predicted molar refractivity (Wildman–Crippen MR) is 50.5 cm³/mol. The van der Waals surface area contributed by atoms with E-state index in [9.17, 15) is 26.3 Å². The van der Waals surface area contributed by atoms with Crippen molar-refractivity contribution in [3.63, 3.8) is 0 Å². The topological polar surface area (TPSA) is 23.8 Å². The lowest BCUT2D eigenvalue weighted by Crippen LogP contribution is -2.17. The summed E-state index contributed by atoms with van der Waals surface area (Å²) in [5.74, 6) is 0. The monoisotopic (exact) mass is 267 g/mol. The smallest absolute Gasteiger partial charge is 0.198 e. The van der Waals surface area contributed by atoms with Gasteiger partial charge in [0.05, 0.1) is 23.6 Å². The fourth-order valence-electron chi connectivity index (χ4n) is 1.70. The number of hydrogen-bond acceptors (Lipinski definition) is 1. The number of halogens is 6. The molecule has 18 heavy (non-hydrogen) atoms. The van der Waals surface area contributed by atoms with Crippen molar-refractivity contribution in [2.24, 2.45) is 0 Å². The van der Waals surface area contributed by atoms with Crippen LogP contribution in [0.5, 0.6) is 0 Å². The first kappa shape index (κ1) is 14.4. The fourth-order valence-corrected chi connectivity index (χ4v) is 1.70. The lowest BCUT2D eigenvalue weighted by atomic mass is 9.94. The van der Waals surface area contributed by atoms with Gasteiger partial charge in [0.15, 0.2) is 0 Å². The van der Waals surface area contributed by atoms with Crippen molar-refractivity contribution in [1.29, 1.82) is 5.26 Å². The van der Waals surface area contributed by atoms with Crippen molar-refractivity contribution in [2.45, 2.75) is 25.7 Å². The first-order valence-corrected chi connectivity index (χ1v) is 4.73. The molecule has 0 aromatic heterocycles. The zero-order valence-electron chi connectivity index (χ0n) is 9.08. The Balaban J connectivity index is 3.57. The van der Waals surface area contributed by atoms with E-state index >= 15 is 0 Å². The molecule has 1 aromatic carbocycles. The molecule has 1 rings (SSSR count). The van der Waals surface area contributed by atoms with E-state index in [0.717, 1.165) is 6.92 Å². The molecule has 0 aliphatic rings. The van der Waals surface area contributed by atoms with E-state index in [2.05, 4.69) is 0 Å². The normalized spacial score (nSPS) is 12.3. The van der Waals surface area contributed by atoms with Crippen LogP contribution in [0.15, 0.2) is 12.1 Å². The average Bonchev–Trinajstić information content (AvgIpc) is 2.13. The van der Waals surface area contributed by atoms with Crippen LogP contribution in [0, 0.1) is 18.3 Å². The van der Waals surface area contributed by atoms with E-state index in [1.807, 2.05) is 0 Å². The van der Waals surface area contributed by atoms with Gasteiger partial charge in [0.25, 0.3) is 0 Å². The third kappa shape index (κ3) is 2.75. The number of hydrogen-bond donors (Lipinski definition) is 0. The van der Waals surface area contributed by atoms with Crippen molar-refractivity contribution in [1.82, 2.24) is 0 Å². The predicted octanol–water partition coefficient (Wildman–Crippen LogP) is 4.10. The van der Waals surface area contributed by atoms with Crippen LogP contribution >= 0.6 is 0 Å². The molecule has 98 valence electrons. The largest absolute Gasteiger partial charge is 0.416 e. The molecule has 0 saturated heterocycles. The minimum Gasteiger partial charge on any atom is -0.198 e. The Labute approximate surface area is 98.6 Å². The summed E-state index contributed by atoms with van der Waals surface area (Å²) in [7, 11) is 0.